The first kappa shape index (κ1) is 26.4. The number of anilines is 3. The Bertz CT molecular complexity index is 1510. The molecule has 2 amide bonds. The third-order valence-corrected chi connectivity index (χ3v) is 8.04. The summed E-state index contributed by atoms with van der Waals surface area (Å²) in [6, 6.07) is 8.54. The highest BCUT2D eigenvalue weighted by Gasteiger charge is 2.31. The number of thiazole rings is 1. The molecule has 2 aromatic carbocycles. The molecule has 3 N–H and O–H groups in total. The van der Waals surface area contributed by atoms with E-state index in [1.807, 2.05) is 12.1 Å². The molecule has 1 atom stereocenters. The molecule has 0 aliphatic carbocycles. The molecule has 4 aromatic rings. The van der Waals surface area contributed by atoms with Crippen molar-refractivity contribution in [2.75, 3.05) is 27.2 Å². The zero-order chi connectivity index (χ0) is 27.6. The Kier molecular flexibility index (Phi) is 7.34. The summed E-state index contributed by atoms with van der Waals surface area (Å²) in [4.78, 5) is 25.5. The predicted octanol–water partition coefficient (Wildman–Crippen LogP) is 5.63. The van der Waals surface area contributed by atoms with E-state index in [0.29, 0.717) is 23.6 Å². The fourth-order valence-corrected chi connectivity index (χ4v) is 5.97. The van der Waals surface area contributed by atoms with Crippen molar-refractivity contribution in [2.24, 2.45) is 0 Å². The Labute approximate surface area is 226 Å². The lowest BCUT2D eigenvalue weighted by molar-refractivity contribution is -0.137. The van der Waals surface area contributed by atoms with Gasteiger partial charge in [-0.1, -0.05) is 11.3 Å². The summed E-state index contributed by atoms with van der Waals surface area (Å²) in [6.07, 6.45) is 0.468. The number of carbonyl (C=O) groups excluding carboxylic acids is 1. The van der Waals surface area contributed by atoms with Gasteiger partial charge in [0.25, 0.3) is 0 Å². The molecule has 1 unspecified atom stereocenters. The molecule has 3 heterocycles. The molecule has 0 spiro atoms. The van der Waals surface area contributed by atoms with Gasteiger partial charge < -0.3 is 20.5 Å². The summed E-state index contributed by atoms with van der Waals surface area (Å²) in [6.45, 7) is 0.728. The van der Waals surface area contributed by atoms with E-state index in [2.05, 4.69) is 25.6 Å². The van der Waals surface area contributed by atoms with E-state index < -0.39 is 34.5 Å². The normalized spacial score (nSPS) is 15.3. The first-order valence-electron chi connectivity index (χ1n) is 11.4. The van der Waals surface area contributed by atoms with Crippen LogP contribution in [-0.2, 0) is 17.2 Å². The van der Waals surface area contributed by atoms with Gasteiger partial charge in [-0.2, -0.15) is 13.2 Å². The molecule has 39 heavy (non-hydrogen) atoms. The third kappa shape index (κ3) is 6.43. The molecule has 10 nitrogen and oxygen atoms in total. The molecular weight excluding hydrogens is 557 g/mol. The van der Waals surface area contributed by atoms with Crippen LogP contribution < -0.4 is 19.7 Å². The number of alkyl halides is 3. The predicted molar refractivity (Wildman–Crippen MR) is 140 cm³/mol. The summed E-state index contributed by atoms with van der Waals surface area (Å²) in [5, 5.41) is 14.8. The number of hydrogen-bond acceptors (Lipinski definition) is 8. The Hall–Kier alpha value is -4.24. The van der Waals surface area contributed by atoms with Crippen LogP contribution in [0.15, 0.2) is 61.1 Å². The number of hydrogen-bond donors (Lipinski definition) is 3. The summed E-state index contributed by atoms with van der Waals surface area (Å²) in [5.74, 6) is 0.472. The van der Waals surface area contributed by atoms with Crippen molar-refractivity contribution in [3.8, 4) is 28.0 Å². The number of carbonyl (C=O) groups is 1. The molecule has 1 aliphatic rings. The average Bonchev–Trinajstić information content (AvgIpc) is 3.54. The van der Waals surface area contributed by atoms with E-state index in [1.54, 1.807) is 22.6 Å². The van der Waals surface area contributed by atoms with Crippen molar-refractivity contribution in [3.05, 3.63) is 66.6 Å². The smallest absolute Gasteiger partial charge is 0.416 e. The first-order valence-corrected chi connectivity index (χ1v) is 13.4. The lowest BCUT2D eigenvalue weighted by Crippen LogP contribution is -2.20. The van der Waals surface area contributed by atoms with Gasteiger partial charge in [-0.05, 0) is 48.4 Å². The lowest BCUT2D eigenvalue weighted by Gasteiger charge is -2.11. The van der Waals surface area contributed by atoms with Crippen molar-refractivity contribution < 1.29 is 32.0 Å². The van der Waals surface area contributed by atoms with Gasteiger partial charge >= 0.3 is 18.2 Å². The number of rotatable bonds is 6. The van der Waals surface area contributed by atoms with Crippen molar-refractivity contribution in [1.29, 1.82) is 0 Å². The van der Waals surface area contributed by atoms with Crippen LogP contribution in [0.25, 0.3) is 10.4 Å². The monoisotopic (exact) mass is 576 g/mol. The molecule has 1 saturated heterocycles. The minimum absolute atomic E-state index is 0.00750. The van der Waals surface area contributed by atoms with Gasteiger partial charge in [-0.15, -0.1) is 0 Å². The molecular formula is C24H19F3N6O4S2. The molecule has 0 bridgehead atoms. The second kappa shape index (κ2) is 10.9. The number of amides is 2. The first-order chi connectivity index (χ1) is 18.6. The van der Waals surface area contributed by atoms with Crippen LogP contribution in [0.3, 0.4) is 0 Å². The SMILES string of the molecule is O=C(Nc1cnc(Oc2ccc(-c3cnc(N4CCCS4=O)s3)cc2)nc1)Nc1cc(O)cc(C(F)(F)F)c1. The molecule has 0 saturated carbocycles. The molecule has 2 aromatic heterocycles. The number of ether oxygens (including phenoxy) is 1. The van der Waals surface area contributed by atoms with E-state index in [0.717, 1.165) is 34.6 Å². The number of halogens is 3. The Morgan fingerprint density at radius 3 is 2.41 bits per heavy atom. The number of phenols is 1. The fraction of sp³-hybridized carbons (Fsp3) is 0.167. The minimum atomic E-state index is -4.68. The molecule has 202 valence electrons. The minimum Gasteiger partial charge on any atom is -0.508 e. The summed E-state index contributed by atoms with van der Waals surface area (Å²) in [5.41, 5.74) is -0.278. The van der Waals surface area contributed by atoms with Crippen LogP contribution in [0.4, 0.5) is 34.5 Å². The summed E-state index contributed by atoms with van der Waals surface area (Å²) >= 11 is 1.46. The highest BCUT2D eigenvalue weighted by molar-refractivity contribution is 7.87. The van der Waals surface area contributed by atoms with E-state index in [9.17, 15) is 27.3 Å². The van der Waals surface area contributed by atoms with E-state index in [1.165, 1.54) is 23.7 Å². The highest BCUT2D eigenvalue weighted by Crippen LogP contribution is 2.35. The molecule has 0 radical (unpaired) electrons. The van der Waals surface area contributed by atoms with Gasteiger partial charge in [0.05, 0.1) is 28.5 Å². The maximum Gasteiger partial charge on any atom is 0.416 e. The van der Waals surface area contributed by atoms with Crippen LogP contribution in [0.1, 0.15) is 12.0 Å². The summed E-state index contributed by atoms with van der Waals surface area (Å²) in [7, 11) is -1.03. The molecule has 1 aliphatic heterocycles. The number of nitrogens with one attached hydrogen (secondary N) is 2. The van der Waals surface area contributed by atoms with E-state index in [-0.39, 0.29) is 17.4 Å². The molecule has 1 fully saturated rings. The third-order valence-electron chi connectivity index (χ3n) is 5.37. The van der Waals surface area contributed by atoms with Crippen LogP contribution in [0, 0.1) is 0 Å². The van der Waals surface area contributed by atoms with Crippen molar-refractivity contribution in [2.45, 2.75) is 12.6 Å². The van der Waals surface area contributed by atoms with Crippen molar-refractivity contribution in [1.82, 2.24) is 15.0 Å². The standard InChI is InChI=1S/C24H19F3N6O4S2/c25-24(26,27)15-8-16(10-18(34)9-15)31-21(35)32-17-11-28-22(29-12-17)37-19-4-2-14(3-5-19)20-13-30-23(38-20)33-6-1-7-39(33)36/h2-5,8-13,34H,1,6-7H2,(H2,31,32,35). The maximum absolute atomic E-state index is 12.9. The van der Waals surface area contributed by atoms with Crippen molar-refractivity contribution >= 4 is 44.9 Å². The Morgan fingerprint density at radius 2 is 1.74 bits per heavy atom. The largest absolute Gasteiger partial charge is 0.508 e. The van der Waals surface area contributed by atoms with Gasteiger partial charge in [-0.25, -0.2) is 24.0 Å². The topological polar surface area (TPSA) is 130 Å². The van der Waals surface area contributed by atoms with Crippen molar-refractivity contribution in [3.63, 3.8) is 0 Å². The van der Waals surface area contributed by atoms with Gasteiger partial charge in [0.1, 0.15) is 22.5 Å². The van der Waals surface area contributed by atoms with Gasteiger partial charge in [0.2, 0.25) is 0 Å². The Morgan fingerprint density at radius 1 is 1.03 bits per heavy atom. The fourth-order valence-electron chi connectivity index (χ4n) is 3.61. The average molecular weight is 577 g/mol. The van der Waals surface area contributed by atoms with Crippen LogP contribution in [0.5, 0.6) is 17.5 Å². The number of benzene rings is 2. The zero-order valence-corrected chi connectivity index (χ0v) is 21.4. The zero-order valence-electron chi connectivity index (χ0n) is 19.8. The van der Waals surface area contributed by atoms with Gasteiger partial charge in [0, 0.05) is 30.2 Å². The maximum atomic E-state index is 12.9. The molecule has 5 rings (SSSR count). The van der Waals surface area contributed by atoms with Crippen LogP contribution in [0.2, 0.25) is 0 Å². The number of urea groups is 1. The second-order valence-electron chi connectivity index (χ2n) is 8.21. The number of aromatic nitrogens is 3. The Balaban J connectivity index is 1.17. The number of aromatic hydroxyl groups is 1. The second-order valence-corrected chi connectivity index (χ2v) is 10.7. The van der Waals surface area contributed by atoms with Crippen LogP contribution in [-0.4, -0.2) is 42.6 Å². The van der Waals surface area contributed by atoms with Crippen LogP contribution >= 0.6 is 11.3 Å². The highest BCUT2D eigenvalue weighted by atomic mass is 32.2. The number of phenolic OH excluding ortho intramolecular Hbond substituents is 1. The summed E-state index contributed by atoms with van der Waals surface area (Å²) < 4.78 is 58.2. The molecule has 15 heteroatoms. The quantitative estimate of drug-likeness (QED) is 0.271. The van der Waals surface area contributed by atoms with Gasteiger partial charge in [-0.3, -0.25) is 4.31 Å². The lowest BCUT2D eigenvalue weighted by atomic mass is 10.2. The van der Waals surface area contributed by atoms with Gasteiger partial charge in [0.15, 0.2) is 5.13 Å². The number of nitrogens with zero attached hydrogens (tertiary/aromatic N) is 4. The van der Waals surface area contributed by atoms with E-state index in [4.69, 9.17) is 4.74 Å². The van der Waals surface area contributed by atoms with E-state index >= 15 is 0 Å².